The Bertz CT molecular complexity index is 706. The van der Waals surface area contributed by atoms with Crippen LogP contribution in [0.1, 0.15) is 38.2 Å². The summed E-state index contributed by atoms with van der Waals surface area (Å²) in [5.74, 6) is -0.168. The van der Waals surface area contributed by atoms with Crippen LogP contribution in [0.25, 0.3) is 0 Å². The third kappa shape index (κ3) is 2.99. The Hall–Kier alpha value is -2.49. The predicted molar refractivity (Wildman–Crippen MR) is 81.2 cm³/mol. The Morgan fingerprint density at radius 3 is 2.29 bits per heavy atom. The molecule has 2 rings (SSSR count). The molecule has 4 heteroatoms. The zero-order valence-corrected chi connectivity index (χ0v) is 12.3. The van der Waals surface area contributed by atoms with Gasteiger partial charge in [0.25, 0.3) is 0 Å². The highest BCUT2D eigenvalue weighted by Crippen LogP contribution is 2.25. The average Bonchev–Trinajstić information content (AvgIpc) is 2.47. The van der Waals surface area contributed by atoms with Gasteiger partial charge >= 0.3 is 0 Å². The van der Waals surface area contributed by atoms with E-state index < -0.39 is 4.92 Å². The van der Waals surface area contributed by atoms with E-state index in [1.54, 1.807) is 30.3 Å². The third-order valence-electron chi connectivity index (χ3n) is 3.86. The molecule has 0 heterocycles. The van der Waals surface area contributed by atoms with Crippen molar-refractivity contribution in [2.75, 3.05) is 0 Å². The summed E-state index contributed by atoms with van der Waals surface area (Å²) in [4.78, 5) is 23.2. The number of nitrogens with zero attached hydrogens (tertiary/aromatic N) is 1. The first kappa shape index (κ1) is 14.9. The number of nitro groups is 1. The maximum absolute atomic E-state index is 12.6. The summed E-state index contributed by atoms with van der Waals surface area (Å²) in [5.41, 5.74) is 4.28. The molecule has 0 aliphatic rings. The molecule has 0 radical (unpaired) electrons. The molecule has 108 valence electrons. The van der Waals surface area contributed by atoms with E-state index in [2.05, 4.69) is 0 Å². The topological polar surface area (TPSA) is 60.2 Å². The number of hydrogen-bond donors (Lipinski definition) is 0. The fourth-order valence-corrected chi connectivity index (χ4v) is 2.42. The lowest BCUT2D eigenvalue weighted by Crippen LogP contribution is -2.12. The molecular formula is C17H17NO3. The normalized spacial score (nSPS) is 10.4. The SMILES string of the molecule is Cc1cc(C(=O)c2ccccc2)c(C[N+](=O)[O-])c(C)c1C. The summed E-state index contributed by atoms with van der Waals surface area (Å²) >= 11 is 0. The lowest BCUT2D eigenvalue weighted by atomic mass is 9.90. The summed E-state index contributed by atoms with van der Waals surface area (Å²) < 4.78 is 0. The number of benzene rings is 2. The Morgan fingerprint density at radius 2 is 1.71 bits per heavy atom. The van der Waals surface area contributed by atoms with E-state index in [1.165, 1.54) is 0 Å². The average molecular weight is 283 g/mol. The molecule has 2 aromatic carbocycles. The van der Waals surface area contributed by atoms with Crippen LogP contribution in [0.4, 0.5) is 0 Å². The van der Waals surface area contributed by atoms with Crippen molar-refractivity contribution >= 4 is 5.78 Å². The van der Waals surface area contributed by atoms with Crippen molar-refractivity contribution < 1.29 is 9.72 Å². The number of carbonyl (C=O) groups excluding carboxylic acids is 1. The van der Waals surface area contributed by atoms with Gasteiger partial charge in [0.15, 0.2) is 5.78 Å². The van der Waals surface area contributed by atoms with Gasteiger partial charge in [-0.3, -0.25) is 14.9 Å². The monoisotopic (exact) mass is 283 g/mol. The highest BCUT2D eigenvalue weighted by atomic mass is 16.6. The van der Waals surface area contributed by atoms with Crippen molar-refractivity contribution in [1.29, 1.82) is 0 Å². The van der Waals surface area contributed by atoms with Gasteiger partial charge in [-0.1, -0.05) is 30.3 Å². The van der Waals surface area contributed by atoms with Gasteiger partial charge in [0.05, 0.1) is 0 Å². The Morgan fingerprint density at radius 1 is 1.10 bits per heavy atom. The fourth-order valence-electron chi connectivity index (χ4n) is 2.42. The molecule has 0 fully saturated rings. The maximum Gasteiger partial charge on any atom is 0.229 e. The van der Waals surface area contributed by atoms with Gasteiger partial charge in [-0.25, -0.2) is 0 Å². The molecule has 0 spiro atoms. The van der Waals surface area contributed by atoms with Gasteiger partial charge in [0.1, 0.15) is 0 Å². The lowest BCUT2D eigenvalue weighted by molar-refractivity contribution is -0.496. The molecule has 0 aromatic heterocycles. The second kappa shape index (κ2) is 5.87. The predicted octanol–water partition coefficient (Wildman–Crippen LogP) is 3.62. The molecule has 0 aliphatic heterocycles. The minimum absolute atomic E-state index is 0.168. The van der Waals surface area contributed by atoms with Crippen LogP contribution in [0.2, 0.25) is 0 Å². The first-order valence-corrected chi connectivity index (χ1v) is 6.73. The first-order valence-electron chi connectivity index (χ1n) is 6.73. The molecule has 0 saturated carbocycles. The summed E-state index contributed by atoms with van der Waals surface area (Å²) in [6, 6.07) is 10.6. The Balaban J connectivity index is 2.62. The van der Waals surface area contributed by atoms with E-state index >= 15 is 0 Å². The molecule has 0 amide bonds. The van der Waals surface area contributed by atoms with Crippen molar-refractivity contribution in [3.8, 4) is 0 Å². The molecule has 0 atom stereocenters. The van der Waals surface area contributed by atoms with Gasteiger partial charge in [0, 0.05) is 21.6 Å². The Labute approximate surface area is 123 Å². The van der Waals surface area contributed by atoms with Gasteiger partial charge in [-0.15, -0.1) is 0 Å². The van der Waals surface area contributed by atoms with Crippen LogP contribution >= 0.6 is 0 Å². The molecule has 2 aromatic rings. The van der Waals surface area contributed by atoms with E-state index in [1.807, 2.05) is 26.8 Å². The van der Waals surface area contributed by atoms with Gasteiger partial charge < -0.3 is 0 Å². The standard InChI is InChI=1S/C17H17NO3/c1-11-9-15(17(19)14-7-5-4-6-8-14)16(10-18(20)21)13(3)12(11)2/h4-9H,10H2,1-3H3. The van der Waals surface area contributed by atoms with Crippen molar-refractivity contribution in [2.24, 2.45) is 0 Å². The smallest absolute Gasteiger partial charge is 0.229 e. The molecule has 0 saturated heterocycles. The number of ketones is 1. The van der Waals surface area contributed by atoms with Crippen LogP contribution < -0.4 is 0 Å². The fraction of sp³-hybridized carbons (Fsp3) is 0.235. The van der Waals surface area contributed by atoms with E-state index in [9.17, 15) is 14.9 Å². The highest BCUT2D eigenvalue weighted by molar-refractivity contribution is 6.10. The molecule has 0 N–H and O–H groups in total. The zero-order chi connectivity index (χ0) is 15.6. The second-order valence-electron chi connectivity index (χ2n) is 5.16. The van der Waals surface area contributed by atoms with Crippen LogP contribution in [-0.4, -0.2) is 10.7 Å². The third-order valence-corrected chi connectivity index (χ3v) is 3.86. The van der Waals surface area contributed by atoms with Crippen molar-refractivity contribution in [3.05, 3.63) is 79.9 Å². The Kier molecular flexibility index (Phi) is 4.17. The quantitative estimate of drug-likeness (QED) is 0.489. The van der Waals surface area contributed by atoms with Gasteiger partial charge in [0.2, 0.25) is 6.54 Å². The zero-order valence-electron chi connectivity index (χ0n) is 12.3. The first-order chi connectivity index (χ1) is 9.91. The molecule has 21 heavy (non-hydrogen) atoms. The number of rotatable bonds is 4. The van der Waals surface area contributed by atoms with E-state index in [-0.39, 0.29) is 12.3 Å². The number of aryl methyl sites for hydroxylation is 1. The van der Waals surface area contributed by atoms with Crippen LogP contribution in [0, 0.1) is 30.9 Å². The molecule has 0 unspecified atom stereocenters. The molecule has 0 bridgehead atoms. The highest BCUT2D eigenvalue weighted by Gasteiger charge is 2.21. The molecule has 4 nitrogen and oxygen atoms in total. The lowest BCUT2D eigenvalue weighted by Gasteiger charge is -2.14. The van der Waals surface area contributed by atoms with Crippen molar-refractivity contribution in [1.82, 2.24) is 0 Å². The van der Waals surface area contributed by atoms with E-state index in [0.29, 0.717) is 16.7 Å². The number of carbonyl (C=O) groups is 1. The molecule has 0 aliphatic carbocycles. The van der Waals surface area contributed by atoms with E-state index in [0.717, 1.165) is 16.7 Å². The van der Waals surface area contributed by atoms with Gasteiger partial charge in [-0.2, -0.15) is 0 Å². The van der Waals surface area contributed by atoms with Crippen molar-refractivity contribution in [3.63, 3.8) is 0 Å². The number of hydrogen-bond acceptors (Lipinski definition) is 3. The van der Waals surface area contributed by atoms with Crippen LogP contribution in [0.3, 0.4) is 0 Å². The van der Waals surface area contributed by atoms with Crippen molar-refractivity contribution in [2.45, 2.75) is 27.3 Å². The summed E-state index contributed by atoms with van der Waals surface area (Å²) in [6.07, 6.45) is 0. The minimum Gasteiger partial charge on any atom is -0.289 e. The largest absolute Gasteiger partial charge is 0.289 e. The minimum atomic E-state index is -0.390. The molecular weight excluding hydrogens is 266 g/mol. The second-order valence-corrected chi connectivity index (χ2v) is 5.16. The van der Waals surface area contributed by atoms with E-state index in [4.69, 9.17) is 0 Å². The van der Waals surface area contributed by atoms with Crippen LogP contribution in [0.5, 0.6) is 0 Å². The van der Waals surface area contributed by atoms with Crippen LogP contribution in [0.15, 0.2) is 36.4 Å². The summed E-state index contributed by atoms with van der Waals surface area (Å²) in [6.45, 7) is 5.34. The maximum atomic E-state index is 12.6. The van der Waals surface area contributed by atoms with Gasteiger partial charge in [-0.05, 0) is 43.5 Å². The summed E-state index contributed by atoms with van der Waals surface area (Å²) in [7, 11) is 0. The summed E-state index contributed by atoms with van der Waals surface area (Å²) in [5, 5.41) is 10.9. The van der Waals surface area contributed by atoms with Crippen LogP contribution in [-0.2, 0) is 6.54 Å².